The topological polar surface area (TPSA) is 46.6 Å². The minimum absolute atomic E-state index is 0.000958. The maximum atomic E-state index is 14.6. The summed E-state index contributed by atoms with van der Waals surface area (Å²) in [7, 11) is 0. The maximum Gasteiger partial charge on any atom is 0.232 e. The number of rotatable bonds is 4. The third-order valence-corrected chi connectivity index (χ3v) is 6.03. The number of para-hydroxylation sites is 1. The smallest absolute Gasteiger partial charge is 0.232 e. The molecule has 0 fully saturated rings. The fourth-order valence-corrected chi connectivity index (χ4v) is 4.60. The molecule has 32 heavy (non-hydrogen) atoms. The van der Waals surface area contributed by atoms with Gasteiger partial charge in [-0.2, -0.15) is 0 Å². The number of carbonyl (C=O) groups excluding carboxylic acids is 2. The predicted octanol–water partition coefficient (Wildman–Crippen LogP) is 6.15. The molecule has 1 atom stereocenters. The average molecular weight is 427 g/mol. The molecule has 0 radical (unpaired) electrons. The quantitative estimate of drug-likeness (QED) is 0.502. The Balaban J connectivity index is 1.51. The van der Waals surface area contributed by atoms with Crippen LogP contribution in [0.3, 0.4) is 0 Å². The van der Waals surface area contributed by atoms with Crippen molar-refractivity contribution in [3.8, 4) is 11.5 Å². The van der Waals surface area contributed by atoms with Gasteiger partial charge in [0.2, 0.25) is 5.91 Å². The molecule has 3 aromatic carbocycles. The summed E-state index contributed by atoms with van der Waals surface area (Å²) in [4.78, 5) is 27.8. The number of anilines is 1. The summed E-state index contributed by atoms with van der Waals surface area (Å²) in [6, 6.07) is 23.1. The SMILES string of the molecule is O=C1CCCC2=C1C(c1ccccc1F)CC(=O)N2c1ccc(Oc2ccccc2)cc1. The van der Waals surface area contributed by atoms with Crippen LogP contribution in [0.4, 0.5) is 10.1 Å². The van der Waals surface area contributed by atoms with Gasteiger partial charge in [-0.15, -0.1) is 0 Å². The van der Waals surface area contributed by atoms with Crippen molar-refractivity contribution in [3.05, 3.63) is 102 Å². The van der Waals surface area contributed by atoms with Crippen LogP contribution in [-0.4, -0.2) is 11.7 Å². The van der Waals surface area contributed by atoms with Gasteiger partial charge in [0.1, 0.15) is 17.3 Å². The molecule has 3 aromatic rings. The first-order chi connectivity index (χ1) is 15.6. The van der Waals surface area contributed by atoms with Gasteiger partial charge in [0.25, 0.3) is 0 Å². The van der Waals surface area contributed by atoms with Crippen molar-refractivity contribution in [3.63, 3.8) is 0 Å². The van der Waals surface area contributed by atoms with E-state index >= 15 is 0 Å². The van der Waals surface area contributed by atoms with Gasteiger partial charge < -0.3 is 4.74 Å². The fraction of sp³-hybridized carbons (Fsp3) is 0.185. The van der Waals surface area contributed by atoms with E-state index in [0.29, 0.717) is 47.5 Å². The lowest BCUT2D eigenvalue weighted by Gasteiger charge is -2.38. The lowest BCUT2D eigenvalue weighted by molar-refractivity contribution is -0.119. The summed E-state index contributed by atoms with van der Waals surface area (Å²) in [6.07, 6.45) is 1.78. The van der Waals surface area contributed by atoms with Gasteiger partial charge >= 0.3 is 0 Å². The second-order valence-corrected chi connectivity index (χ2v) is 8.05. The number of halogens is 1. The summed E-state index contributed by atoms with van der Waals surface area (Å²) >= 11 is 0. The molecule has 5 heteroatoms. The Hall–Kier alpha value is -3.73. The first-order valence-corrected chi connectivity index (χ1v) is 10.8. The first-order valence-electron chi connectivity index (χ1n) is 10.8. The molecular weight excluding hydrogens is 405 g/mol. The van der Waals surface area contributed by atoms with Crippen molar-refractivity contribution in [2.75, 3.05) is 4.90 Å². The lowest BCUT2D eigenvalue weighted by Crippen LogP contribution is -2.40. The van der Waals surface area contributed by atoms with Crippen LogP contribution in [-0.2, 0) is 9.59 Å². The van der Waals surface area contributed by atoms with E-state index in [1.807, 2.05) is 54.6 Å². The molecule has 4 nitrogen and oxygen atoms in total. The molecule has 0 aromatic heterocycles. The van der Waals surface area contributed by atoms with E-state index in [4.69, 9.17) is 4.74 Å². The second kappa shape index (κ2) is 8.42. The summed E-state index contributed by atoms with van der Waals surface area (Å²) in [6.45, 7) is 0. The van der Waals surface area contributed by atoms with Gasteiger partial charge in [-0.3, -0.25) is 14.5 Å². The number of Topliss-reactive ketones (excluding diaryl/α,β-unsaturated/α-hetero) is 1. The highest BCUT2D eigenvalue weighted by molar-refractivity contribution is 6.07. The molecule has 1 amide bonds. The van der Waals surface area contributed by atoms with Gasteiger partial charge in [0.05, 0.1) is 0 Å². The van der Waals surface area contributed by atoms with Gasteiger partial charge in [-0.05, 0) is 60.9 Å². The molecule has 0 spiro atoms. The summed E-state index contributed by atoms with van der Waals surface area (Å²) < 4.78 is 20.4. The molecule has 0 saturated carbocycles. The predicted molar refractivity (Wildman–Crippen MR) is 120 cm³/mol. The van der Waals surface area contributed by atoms with Crippen LogP contribution in [0.1, 0.15) is 37.2 Å². The Bertz CT molecular complexity index is 1200. The van der Waals surface area contributed by atoms with Crippen LogP contribution < -0.4 is 9.64 Å². The molecule has 1 aliphatic heterocycles. The van der Waals surface area contributed by atoms with Crippen LogP contribution in [0, 0.1) is 5.82 Å². The number of benzene rings is 3. The van der Waals surface area contributed by atoms with E-state index in [1.165, 1.54) is 6.07 Å². The highest BCUT2D eigenvalue weighted by Gasteiger charge is 2.40. The molecule has 0 saturated heterocycles. The molecule has 2 aliphatic rings. The number of hydrogen-bond acceptors (Lipinski definition) is 3. The zero-order chi connectivity index (χ0) is 22.1. The number of nitrogens with zero attached hydrogens (tertiary/aromatic N) is 1. The van der Waals surface area contributed by atoms with E-state index < -0.39 is 5.92 Å². The van der Waals surface area contributed by atoms with Crippen molar-refractivity contribution < 1.29 is 18.7 Å². The third-order valence-electron chi connectivity index (χ3n) is 6.03. The highest BCUT2D eigenvalue weighted by Crippen LogP contribution is 2.44. The molecule has 5 rings (SSSR count). The lowest BCUT2D eigenvalue weighted by atomic mass is 9.77. The largest absolute Gasteiger partial charge is 0.457 e. The van der Waals surface area contributed by atoms with E-state index in [0.717, 1.165) is 5.75 Å². The summed E-state index contributed by atoms with van der Waals surface area (Å²) in [5.41, 5.74) is 2.37. The third kappa shape index (κ3) is 3.71. The first kappa shape index (κ1) is 20.2. The van der Waals surface area contributed by atoms with Crippen LogP contribution in [0.5, 0.6) is 11.5 Å². The van der Waals surface area contributed by atoms with Crippen LogP contribution >= 0.6 is 0 Å². The molecule has 0 bridgehead atoms. The minimum atomic E-state index is -0.538. The Kier molecular flexibility index (Phi) is 5.31. The van der Waals surface area contributed by atoms with Gasteiger partial charge in [0.15, 0.2) is 5.78 Å². The number of hydrogen-bond donors (Lipinski definition) is 0. The van der Waals surface area contributed by atoms with E-state index in [1.54, 1.807) is 23.1 Å². The number of amides is 1. The van der Waals surface area contributed by atoms with Crippen molar-refractivity contribution in [1.82, 2.24) is 0 Å². The zero-order valence-electron chi connectivity index (χ0n) is 17.5. The average Bonchev–Trinajstić information content (AvgIpc) is 2.80. The van der Waals surface area contributed by atoms with Crippen LogP contribution in [0.25, 0.3) is 0 Å². The van der Waals surface area contributed by atoms with Gasteiger partial charge in [0, 0.05) is 35.7 Å². The number of ether oxygens (including phenoxy) is 1. The van der Waals surface area contributed by atoms with Crippen molar-refractivity contribution in [2.24, 2.45) is 0 Å². The van der Waals surface area contributed by atoms with Crippen molar-refractivity contribution in [1.29, 1.82) is 0 Å². The van der Waals surface area contributed by atoms with Crippen LogP contribution in [0.2, 0.25) is 0 Å². The van der Waals surface area contributed by atoms with E-state index in [2.05, 4.69) is 0 Å². The Morgan fingerprint density at radius 3 is 2.25 bits per heavy atom. The minimum Gasteiger partial charge on any atom is -0.457 e. The van der Waals surface area contributed by atoms with Gasteiger partial charge in [-0.25, -0.2) is 4.39 Å². The van der Waals surface area contributed by atoms with Gasteiger partial charge in [-0.1, -0.05) is 36.4 Å². The molecule has 1 heterocycles. The summed E-state index contributed by atoms with van der Waals surface area (Å²) in [5.74, 6) is 0.326. The summed E-state index contributed by atoms with van der Waals surface area (Å²) in [5, 5.41) is 0. The molecule has 1 unspecified atom stereocenters. The maximum absolute atomic E-state index is 14.6. The Labute approximate surface area is 185 Å². The van der Waals surface area contributed by atoms with Crippen molar-refractivity contribution in [2.45, 2.75) is 31.6 Å². The number of carbonyl (C=O) groups is 2. The normalized spacial score (nSPS) is 18.5. The molecule has 160 valence electrons. The fourth-order valence-electron chi connectivity index (χ4n) is 4.60. The molecular formula is C27H22FNO3. The zero-order valence-corrected chi connectivity index (χ0v) is 17.5. The number of allylic oxidation sites excluding steroid dienone is 2. The van der Waals surface area contributed by atoms with Crippen LogP contribution in [0.15, 0.2) is 90.1 Å². The van der Waals surface area contributed by atoms with E-state index in [-0.39, 0.29) is 23.9 Å². The monoisotopic (exact) mass is 427 g/mol. The number of ketones is 1. The standard InChI is InChI=1S/C27H22FNO3/c28-23-10-5-4-9-21(23)22-17-26(31)29(24-11-6-12-25(30)27(22)24)18-13-15-20(16-14-18)32-19-7-2-1-3-8-19/h1-5,7-10,13-16,22H,6,11-12,17H2. The Morgan fingerprint density at radius 1 is 0.812 bits per heavy atom. The molecule has 0 N–H and O–H groups in total. The van der Waals surface area contributed by atoms with E-state index in [9.17, 15) is 14.0 Å². The molecule has 1 aliphatic carbocycles. The highest BCUT2D eigenvalue weighted by atomic mass is 19.1. The van der Waals surface area contributed by atoms with Crippen molar-refractivity contribution >= 4 is 17.4 Å². The Morgan fingerprint density at radius 2 is 1.50 bits per heavy atom. The second-order valence-electron chi connectivity index (χ2n) is 8.05.